The summed E-state index contributed by atoms with van der Waals surface area (Å²) in [5.41, 5.74) is 0. The van der Waals surface area contributed by atoms with Crippen molar-refractivity contribution in [2.24, 2.45) is 7.05 Å². The Balaban J connectivity index is 0.000000810. The second-order valence-corrected chi connectivity index (χ2v) is 1.49. The average molecular weight is 165 g/mol. The summed E-state index contributed by atoms with van der Waals surface area (Å²) in [6.07, 6.45) is 1.16. The second kappa shape index (κ2) is 4.19. The fourth-order valence-electron chi connectivity index (χ4n) is 0.481. The minimum absolute atomic E-state index is 0. The van der Waals surface area contributed by atoms with Crippen molar-refractivity contribution in [2.75, 3.05) is 0 Å². The number of rotatable bonds is 1. The van der Waals surface area contributed by atoms with Gasteiger partial charge in [-0.3, -0.25) is 0 Å². The van der Waals surface area contributed by atoms with Gasteiger partial charge in [0.05, 0.1) is 0 Å². The number of hydrogen-bond acceptors (Lipinski definition) is 4. The van der Waals surface area contributed by atoms with Crippen molar-refractivity contribution < 1.29 is 61.3 Å². The number of aromatic nitrogens is 3. The fourth-order valence-corrected chi connectivity index (χ4v) is 0.481. The summed E-state index contributed by atoms with van der Waals surface area (Å²) >= 11 is 0. The van der Waals surface area contributed by atoms with Gasteiger partial charge < -0.3 is 9.90 Å². The maximum absolute atomic E-state index is 10.0. The van der Waals surface area contributed by atoms with E-state index >= 15 is 0 Å². The molecule has 0 saturated heterocycles. The molecule has 0 amide bonds. The Labute approximate surface area is 99.9 Å². The number of carbonyl (C=O) groups excluding carboxylic acids is 1. The number of hydrogen-bond donors (Lipinski definition) is 0. The largest absolute Gasteiger partial charge is 1.00 e. The molecule has 0 aliphatic carbocycles. The van der Waals surface area contributed by atoms with Crippen molar-refractivity contribution >= 4 is 5.97 Å². The van der Waals surface area contributed by atoms with E-state index in [1.807, 2.05) is 0 Å². The van der Waals surface area contributed by atoms with E-state index in [0.717, 1.165) is 11.0 Å². The molecule has 48 valence electrons. The molecule has 0 unspecified atom stereocenters. The monoisotopic (exact) mass is 165 g/mol. The molecule has 6 heteroatoms. The maximum Gasteiger partial charge on any atom is 1.00 e. The van der Waals surface area contributed by atoms with Crippen LogP contribution >= 0.6 is 0 Å². The Morgan fingerprint density at radius 1 is 1.80 bits per heavy atom. The predicted molar refractivity (Wildman–Crippen MR) is 25.3 cm³/mol. The molecule has 0 radical (unpaired) electrons. The summed E-state index contributed by atoms with van der Waals surface area (Å²) in [6.45, 7) is 0. The van der Waals surface area contributed by atoms with E-state index in [9.17, 15) is 9.90 Å². The Bertz CT molecular complexity index is 234. The Kier molecular flexibility index (Phi) is 4.30. The molecule has 0 spiro atoms. The molecule has 0 aromatic carbocycles. The van der Waals surface area contributed by atoms with E-state index in [1.54, 1.807) is 0 Å². The summed E-state index contributed by atoms with van der Waals surface area (Å²) in [7, 11) is 1.48. The summed E-state index contributed by atoms with van der Waals surface area (Å²) in [6, 6.07) is 0. The third-order valence-corrected chi connectivity index (χ3v) is 0.894. The third-order valence-electron chi connectivity index (χ3n) is 0.894. The summed E-state index contributed by atoms with van der Waals surface area (Å²) in [4.78, 5) is 13.5. The topological polar surface area (TPSA) is 70.8 Å². The van der Waals surface area contributed by atoms with E-state index in [4.69, 9.17) is 0 Å². The van der Waals surface area contributed by atoms with Gasteiger partial charge in [-0.2, -0.15) is 5.10 Å². The van der Waals surface area contributed by atoms with Crippen LogP contribution in [0.2, 0.25) is 0 Å². The molecule has 1 rings (SSSR count). The van der Waals surface area contributed by atoms with Crippen LogP contribution in [0.1, 0.15) is 10.6 Å². The molecule has 0 saturated carbocycles. The zero-order valence-electron chi connectivity index (χ0n) is 5.74. The molecule has 1 aromatic rings. The average Bonchev–Trinajstić information content (AvgIpc) is 2.13. The maximum atomic E-state index is 10.0. The molecule has 5 nitrogen and oxygen atoms in total. The first-order valence-corrected chi connectivity index (χ1v) is 2.27. The molecule has 10 heavy (non-hydrogen) atoms. The van der Waals surface area contributed by atoms with Crippen LogP contribution in [0.15, 0.2) is 6.33 Å². The molecule has 0 aliphatic heterocycles. The van der Waals surface area contributed by atoms with Gasteiger partial charge in [0.2, 0.25) is 0 Å². The Morgan fingerprint density at radius 3 is 2.60 bits per heavy atom. The zero-order chi connectivity index (χ0) is 6.85. The zero-order valence-corrected chi connectivity index (χ0v) is 8.86. The van der Waals surface area contributed by atoms with Crippen LogP contribution in [0.25, 0.3) is 0 Å². The Hall–Kier alpha value is 0.246. The number of carboxylic acid groups (broad SMARTS) is 1. The van der Waals surface area contributed by atoms with Gasteiger partial charge >= 0.3 is 51.4 Å². The van der Waals surface area contributed by atoms with Crippen LogP contribution in [0.5, 0.6) is 0 Å². The molecule has 0 N–H and O–H groups in total. The first-order chi connectivity index (χ1) is 4.22. The smallest absolute Gasteiger partial charge is 0.542 e. The number of carboxylic acids is 1. The van der Waals surface area contributed by atoms with Crippen LogP contribution in [0.4, 0.5) is 0 Å². The molecule has 1 heterocycles. The SMILES string of the molecule is Cn1ncnc1C(=O)[O-].[K+]. The molecule has 0 atom stereocenters. The number of aromatic carboxylic acids is 1. The van der Waals surface area contributed by atoms with Crippen molar-refractivity contribution in [1.29, 1.82) is 0 Å². The van der Waals surface area contributed by atoms with Gasteiger partial charge in [0.1, 0.15) is 12.3 Å². The van der Waals surface area contributed by atoms with E-state index in [1.165, 1.54) is 7.05 Å². The van der Waals surface area contributed by atoms with Crippen molar-refractivity contribution in [2.45, 2.75) is 0 Å². The van der Waals surface area contributed by atoms with Crippen molar-refractivity contribution in [1.82, 2.24) is 14.8 Å². The van der Waals surface area contributed by atoms with Gasteiger partial charge in [-0.05, 0) is 0 Å². The second-order valence-electron chi connectivity index (χ2n) is 1.49. The number of nitrogens with zero attached hydrogens (tertiary/aromatic N) is 3. The van der Waals surface area contributed by atoms with Gasteiger partial charge in [0.15, 0.2) is 5.82 Å². The summed E-state index contributed by atoms with van der Waals surface area (Å²) in [5.74, 6) is -1.47. The molecule has 0 fully saturated rings. The minimum atomic E-state index is -1.31. The van der Waals surface area contributed by atoms with Gasteiger partial charge in [0, 0.05) is 7.05 Å². The van der Waals surface area contributed by atoms with Crippen LogP contribution < -0.4 is 56.5 Å². The summed E-state index contributed by atoms with van der Waals surface area (Å²) < 4.78 is 1.13. The number of aryl methyl sites for hydroxylation is 1. The minimum Gasteiger partial charge on any atom is -0.542 e. The van der Waals surface area contributed by atoms with Crippen molar-refractivity contribution in [3.05, 3.63) is 12.2 Å². The van der Waals surface area contributed by atoms with Crippen molar-refractivity contribution in [3.8, 4) is 0 Å². The summed E-state index contributed by atoms with van der Waals surface area (Å²) in [5, 5.41) is 13.6. The quantitative estimate of drug-likeness (QED) is 0.391. The molecule has 1 aromatic heterocycles. The Morgan fingerprint density at radius 2 is 2.40 bits per heavy atom. The van der Waals surface area contributed by atoms with Crippen LogP contribution in [-0.2, 0) is 7.05 Å². The standard InChI is InChI=1S/C4H5N3O2.K/c1-7-3(4(8)9)5-2-6-7;/h2H,1H3,(H,8,9);/q;+1/p-1. The van der Waals surface area contributed by atoms with Gasteiger partial charge in [-0.25, -0.2) is 9.67 Å². The fraction of sp³-hybridized carbons (Fsp3) is 0.250. The molecular weight excluding hydrogens is 161 g/mol. The van der Waals surface area contributed by atoms with Crippen LogP contribution in [-0.4, -0.2) is 20.7 Å². The van der Waals surface area contributed by atoms with E-state index in [2.05, 4.69) is 10.1 Å². The van der Waals surface area contributed by atoms with Crippen LogP contribution in [0.3, 0.4) is 0 Å². The number of carbonyl (C=O) groups is 1. The van der Waals surface area contributed by atoms with E-state index < -0.39 is 5.97 Å². The van der Waals surface area contributed by atoms with Crippen LogP contribution in [0, 0.1) is 0 Å². The van der Waals surface area contributed by atoms with Crippen molar-refractivity contribution in [3.63, 3.8) is 0 Å². The van der Waals surface area contributed by atoms with Gasteiger partial charge in [-0.15, -0.1) is 0 Å². The van der Waals surface area contributed by atoms with Gasteiger partial charge in [0.25, 0.3) is 0 Å². The van der Waals surface area contributed by atoms with E-state index in [0.29, 0.717) is 0 Å². The first-order valence-electron chi connectivity index (χ1n) is 2.27. The predicted octanol–water partition coefficient (Wildman–Crippen LogP) is -4.82. The molecule has 0 bridgehead atoms. The third kappa shape index (κ3) is 2.13. The molecule has 0 aliphatic rings. The normalized spacial score (nSPS) is 8.50. The van der Waals surface area contributed by atoms with Gasteiger partial charge in [-0.1, -0.05) is 0 Å². The molecular formula is C4H4KN3O2. The van der Waals surface area contributed by atoms with E-state index in [-0.39, 0.29) is 57.2 Å². The first kappa shape index (κ1) is 10.2.